The van der Waals surface area contributed by atoms with Gasteiger partial charge in [0.1, 0.15) is 5.65 Å². The molecule has 1 atom stereocenters. The monoisotopic (exact) mass is 381 g/mol. The van der Waals surface area contributed by atoms with Gasteiger partial charge in [0.15, 0.2) is 5.82 Å². The van der Waals surface area contributed by atoms with Crippen LogP contribution in [0.2, 0.25) is 5.02 Å². The van der Waals surface area contributed by atoms with E-state index >= 15 is 0 Å². The number of H-pyrrole nitrogens is 1. The van der Waals surface area contributed by atoms with Gasteiger partial charge in [0.25, 0.3) is 5.56 Å². The van der Waals surface area contributed by atoms with E-state index in [0.29, 0.717) is 22.1 Å². The summed E-state index contributed by atoms with van der Waals surface area (Å²) in [5.41, 5.74) is 2.59. The smallest absolute Gasteiger partial charge is 0.254 e. The Labute approximate surface area is 159 Å². The molecule has 0 aliphatic carbocycles. The molecule has 4 aromatic rings. The van der Waals surface area contributed by atoms with Gasteiger partial charge in [-0.15, -0.1) is 5.10 Å². The number of halogens is 1. The van der Waals surface area contributed by atoms with E-state index in [1.807, 2.05) is 38.1 Å². The molecule has 136 valence electrons. The molecule has 2 N–H and O–H groups in total. The van der Waals surface area contributed by atoms with Crippen LogP contribution in [0.25, 0.3) is 16.7 Å². The van der Waals surface area contributed by atoms with Crippen molar-refractivity contribution in [3.63, 3.8) is 0 Å². The fourth-order valence-electron chi connectivity index (χ4n) is 2.93. The molecule has 0 amide bonds. The predicted molar refractivity (Wildman–Crippen MR) is 103 cm³/mol. The summed E-state index contributed by atoms with van der Waals surface area (Å²) in [5, 5.41) is 16.2. The fourth-order valence-corrected chi connectivity index (χ4v) is 3.10. The number of hydrogen-bond donors (Lipinski definition) is 2. The van der Waals surface area contributed by atoms with Crippen molar-refractivity contribution in [3.05, 3.63) is 69.4 Å². The summed E-state index contributed by atoms with van der Waals surface area (Å²) in [7, 11) is 0. The number of pyridine rings is 2. The third-order valence-electron chi connectivity index (χ3n) is 4.25. The van der Waals surface area contributed by atoms with Crippen LogP contribution in [0.1, 0.15) is 24.4 Å². The van der Waals surface area contributed by atoms with E-state index in [-0.39, 0.29) is 11.6 Å². The molecule has 8 nitrogen and oxygen atoms in total. The van der Waals surface area contributed by atoms with Gasteiger partial charge in [-0.05, 0) is 54.6 Å². The number of nitrogens with zero attached hydrogens (tertiary/aromatic N) is 5. The number of nitrogens with one attached hydrogen (secondary N) is 2. The molecular formula is C18H16ClN7O. The predicted octanol–water partition coefficient (Wildman–Crippen LogP) is 3.03. The molecule has 0 bridgehead atoms. The Morgan fingerprint density at radius 2 is 2.11 bits per heavy atom. The molecular weight excluding hydrogens is 366 g/mol. The summed E-state index contributed by atoms with van der Waals surface area (Å²) >= 11 is 6.01. The van der Waals surface area contributed by atoms with E-state index in [1.165, 1.54) is 6.20 Å². The van der Waals surface area contributed by atoms with Gasteiger partial charge in [-0.25, -0.2) is 4.98 Å². The van der Waals surface area contributed by atoms with E-state index in [2.05, 4.69) is 30.8 Å². The number of benzene rings is 1. The van der Waals surface area contributed by atoms with Crippen LogP contribution in [0.15, 0.2) is 47.4 Å². The second-order valence-corrected chi connectivity index (χ2v) is 6.64. The molecule has 0 radical (unpaired) electrons. The van der Waals surface area contributed by atoms with Crippen molar-refractivity contribution in [2.75, 3.05) is 5.32 Å². The number of aryl methyl sites for hydroxylation is 1. The largest absolute Gasteiger partial charge is 0.378 e. The minimum atomic E-state index is -0.234. The van der Waals surface area contributed by atoms with Crippen LogP contribution >= 0.6 is 11.6 Å². The van der Waals surface area contributed by atoms with E-state index in [1.54, 1.807) is 16.8 Å². The topological polar surface area (TPSA) is 101 Å². The number of tetrazole rings is 1. The minimum Gasteiger partial charge on any atom is -0.378 e. The lowest BCUT2D eigenvalue weighted by Gasteiger charge is -2.16. The first-order chi connectivity index (χ1) is 13.0. The molecule has 0 fully saturated rings. The second kappa shape index (κ2) is 6.81. The maximum atomic E-state index is 12.4. The summed E-state index contributed by atoms with van der Waals surface area (Å²) in [5.74, 6) is 0.690. The summed E-state index contributed by atoms with van der Waals surface area (Å²) in [6, 6.07) is 11.0. The van der Waals surface area contributed by atoms with Crippen molar-refractivity contribution in [2.45, 2.75) is 19.9 Å². The lowest BCUT2D eigenvalue weighted by Crippen LogP contribution is -2.19. The molecule has 0 spiro atoms. The van der Waals surface area contributed by atoms with Gasteiger partial charge in [-0.3, -0.25) is 4.79 Å². The molecule has 0 saturated heterocycles. The van der Waals surface area contributed by atoms with E-state index in [9.17, 15) is 4.79 Å². The van der Waals surface area contributed by atoms with Crippen molar-refractivity contribution in [2.24, 2.45) is 0 Å². The van der Waals surface area contributed by atoms with Crippen molar-refractivity contribution in [3.8, 4) is 5.69 Å². The third kappa shape index (κ3) is 3.39. The highest BCUT2D eigenvalue weighted by Crippen LogP contribution is 2.22. The standard InChI is InChI=1S/C18H16ClN7O/c1-10(16-7-12-6-13(19)9-20-17(12)22-18(16)27)21-14-4-3-5-15(8-14)26-11(2)23-24-25-26/h3-10,21H,1-2H3,(H,20,22,27)/t10-/m0/s1. The molecule has 3 aromatic heterocycles. The fraction of sp³-hybridized carbons (Fsp3) is 0.167. The Bertz CT molecular complexity index is 1180. The summed E-state index contributed by atoms with van der Waals surface area (Å²) in [6.07, 6.45) is 1.51. The number of hydrogen-bond acceptors (Lipinski definition) is 6. The Hall–Kier alpha value is -3.26. The summed E-state index contributed by atoms with van der Waals surface area (Å²) < 4.78 is 1.65. The Balaban J connectivity index is 1.65. The zero-order valence-corrected chi connectivity index (χ0v) is 15.4. The molecule has 1 aromatic carbocycles. The molecule has 4 rings (SSSR count). The molecule has 0 aliphatic rings. The number of fused-ring (bicyclic) bond motifs is 1. The van der Waals surface area contributed by atoms with Crippen molar-refractivity contribution in [1.29, 1.82) is 0 Å². The second-order valence-electron chi connectivity index (χ2n) is 6.20. The van der Waals surface area contributed by atoms with Crippen molar-refractivity contribution >= 4 is 28.3 Å². The highest BCUT2D eigenvalue weighted by atomic mass is 35.5. The Kier molecular flexibility index (Phi) is 4.33. The van der Waals surface area contributed by atoms with Crippen LogP contribution in [0.5, 0.6) is 0 Å². The number of aromatic nitrogens is 6. The van der Waals surface area contributed by atoms with Gasteiger partial charge in [0, 0.05) is 22.8 Å². The van der Waals surface area contributed by atoms with E-state index in [4.69, 9.17) is 11.6 Å². The van der Waals surface area contributed by atoms with E-state index in [0.717, 1.165) is 16.8 Å². The lowest BCUT2D eigenvalue weighted by atomic mass is 10.1. The SMILES string of the molecule is Cc1nnnn1-c1cccc(N[C@@H](C)c2cc3cc(Cl)cnc3[nH]c2=O)c1. The Morgan fingerprint density at radius 3 is 2.89 bits per heavy atom. The van der Waals surface area contributed by atoms with Crippen molar-refractivity contribution < 1.29 is 0 Å². The van der Waals surface area contributed by atoms with Crippen LogP contribution in [0.3, 0.4) is 0 Å². The average molecular weight is 382 g/mol. The maximum absolute atomic E-state index is 12.4. The quantitative estimate of drug-likeness (QED) is 0.563. The highest BCUT2D eigenvalue weighted by molar-refractivity contribution is 6.31. The van der Waals surface area contributed by atoms with Gasteiger partial charge in [0.2, 0.25) is 0 Å². The zero-order valence-electron chi connectivity index (χ0n) is 14.6. The van der Waals surface area contributed by atoms with Gasteiger partial charge in [-0.1, -0.05) is 17.7 Å². The number of anilines is 1. The molecule has 27 heavy (non-hydrogen) atoms. The van der Waals surface area contributed by atoms with Crippen LogP contribution in [-0.2, 0) is 0 Å². The molecule has 0 saturated carbocycles. The van der Waals surface area contributed by atoms with Gasteiger partial charge in [0.05, 0.1) is 16.8 Å². The van der Waals surface area contributed by atoms with Gasteiger partial charge >= 0.3 is 0 Å². The first kappa shape index (κ1) is 17.2. The highest BCUT2D eigenvalue weighted by Gasteiger charge is 2.13. The van der Waals surface area contributed by atoms with Crippen LogP contribution in [-0.4, -0.2) is 30.2 Å². The minimum absolute atomic E-state index is 0.190. The zero-order chi connectivity index (χ0) is 19.0. The van der Waals surface area contributed by atoms with Crippen LogP contribution < -0.4 is 10.9 Å². The van der Waals surface area contributed by atoms with Gasteiger partial charge in [-0.2, -0.15) is 4.68 Å². The lowest BCUT2D eigenvalue weighted by molar-refractivity contribution is 0.779. The van der Waals surface area contributed by atoms with E-state index < -0.39 is 0 Å². The first-order valence-corrected chi connectivity index (χ1v) is 8.69. The average Bonchev–Trinajstić information content (AvgIpc) is 3.07. The number of rotatable bonds is 4. The summed E-state index contributed by atoms with van der Waals surface area (Å²) in [4.78, 5) is 19.4. The van der Waals surface area contributed by atoms with Crippen molar-refractivity contribution in [1.82, 2.24) is 30.2 Å². The van der Waals surface area contributed by atoms with Crippen LogP contribution in [0.4, 0.5) is 5.69 Å². The molecule has 3 heterocycles. The normalized spacial score (nSPS) is 12.3. The summed E-state index contributed by atoms with van der Waals surface area (Å²) in [6.45, 7) is 3.75. The Morgan fingerprint density at radius 1 is 1.26 bits per heavy atom. The first-order valence-electron chi connectivity index (χ1n) is 8.32. The number of aromatic amines is 1. The maximum Gasteiger partial charge on any atom is 0.254 e. The van der Waals surface area contributed by atoms with Gasteiger partial charge < -0.3 is 10.3 Å². The molecule has 0 unspecified atom stereocenters. The van der Waals surface area contributed by atoms with Crippen LogP contribution in [0, 0.1) is 6.92 Å². The molecule has 0 aliphatic heterocycles. The third-order valence-corrected chi connectivity index (χ3v) is 4.46. The molecule has 9 heteroatoms.